The van der Waals surface area contributed by atoms with Gasteiger partial charge in [0.05, 0.1) is 0 Å². The Hall–Kier alpha value is -1.45. The first-order valence-electron chi connectivity index (χ1n) is 4.87. The smallest absolute Gasteiger partial charge is 0.163 e. The zero-order chi connectivity index (χ0) is 11.6. The second-order valence-corrected chi connectivity index (χ2v) is 3.31. The average molecular weight is 212 g/mol. The average Bonchev–Trinajstić information content (AvgIpc) is 2.21. The molecule has 0 saturated heterocycles. The Morgan fingerprint density at radius 2 is 1.87 bits per heavy atom. The van der Waals surface area contributed by atoms with E-state index >= 15 is 0 Å². The van der Waals surface area contributed by atoms with Crippen LogP contribution in [0.25, 0.3) is 0 Å². The summed E-state index contributed by atoms with van der Waals surface area (Å²) < 4.78 is 26.9. The van der Waals surface area contributed by atoms with Crippen LogP contribution in [0.5, 0.6) is 0 Å². The molecule has 2 nitrogen and oxygen atoms in total. The van der Waals surface area contributed by atoms with Crippen molar-refractivity contribution in [3.63, 3.8) is 0 Å². The first-order valence-corrected chi connectivity index (χ1v) is 4.87. The number of nitrogen functional groups attached to an aromatic ring is 1. The highest BCUT2D eigenvalue weighted by Crippen LogP contribution is 2.21. The molecule has 1 aromatic carbocycles. The molecule has 0 aromatic heterocycles. The van der Waals surface area contributed by atoms with Crippen LogP contribution in [-0.4, -0.2) is 5.84 Å². The number of nitrogens with one attached hydrogen (secondary N) is 1. The zero-order valence-electron chi connectivity index (χ0n) is 8.82. The molecule has 0 saturated carbocycles. The predicted octanol–water partition coefficient (Wildman–Crippen LogP) is 2.37. The molecular weight excluding hydrogens is 198 g/mol. The van der Waals surface area contributed by atoms with E-state index < -0.39 is 11.6 Å². The summed E-state index contributed by atoms with van der Waals surface area (Å²) >= 11 is 0. The fourth-order valence-corrected chi connectivity index (χ4v) is 1.56. The van der Waals surface area contributed by atoms with E-state index in [1.54, 1.807) is 13.8 Å². The lowest BCUT2D eigenvalue weighted by Crippen LogP contribution is -2.16. The molecule has 0 aliphatic rings. The van der Waals surface area contributed by atoms with Gasteiger partial charge < -0.3 is 5.73 Å². The molecule has 1 rings (SSSR count). The predicted molar refractivity (Wildman–Crippen MR) is 56.1 cm³/mol. The van der Waals surface area contributed by atoms with Crippen LogP contribution in [0.2, 0.25) is 0 Å². The summed E-state index contributed by atoms with van der Waals surface area (Å²) in [5.41, 5.74) is 6.06. The van der Waals surface area contributed by atoms with Crippen LogP contribution in [-0.2, 0) is 12.8 Å². The molecule has 0 aliphatic heterocycles. The van der Waals surface area contributed by atoms with Crippen molar-refractivity contribution in [3.8, 4) is 0 Å². The number of hydrogen-bond acceptors (Lipinski definition) is 1. The molecule has 0 unspecified atom stereocenters. The minimum atomic E-state index is -0.873. The number of benzene rings is 1. The van der Waals surface area contributed by atoms with Crippen molar-refractivity contribution in [1.82, 2.24) is 0 Å². The van der Waals surface area contributed by atoms with Crippen molar-refractivity contribution in [2.75, 3.05) is 0 Å². The highest BCUT2D eigenvalue weighted by atomic mass is 19.2. The number of nitrogens with two attached hydrogens (primary N) is 1. The second-order valence-electron chi connectivity index (χ2n) is 3.31. The summed E-state index contributed by atoms with van der Waals surface area (Å²) in [7, 11) is 0. The topological polar surface area (TPSA) is 49.9 Å². The van der Waals surface area contributed by atoms with Gasteiger partial charge in [-0.05, 0) is 24.5 Å². The van der Waals surface area contributed by atoms with Crippen molar-refractivity contribution < 1.29 is 8.78 Å². The monoisotopic (exact) mass is 212 g/mol. The molecule has 0 bridgehead atoms. The van der Waals surface area contributed by atoms with Crippen LogP contribution >= 0.6 is 0 Å². The third-order valence-electron chi connectivity index (χ3n) is 2.41. The van der Waals surface area contributed by atoms with E-state index in [9.17, 15) is 8.78 Å². The minimum absolute atomic E-state index is 0.178. The maximum Gasteiger partial charge on any atom is 0.163 e. The number of hydrogen-bond donors (Lipinski definition) is 2. The molecular formula is C11H14F2N2. The van der Waals surface area contributed by atoms with Gasteiger partial charge in [-0.15, -0.1) is 0 Å². The van der Waals surface area contributed by atoms with Crippen LogP contribution in [0.4, 0.5) is 8.78 Å². The molecule has 0 aliphatic carbocycles. The Morgan fingerprint density at radius 1 is 1.27 bits per heavy atom. The number of halogens is 2. The van der Waals surface area contributed by atoms with Gasteiger partial charge in [0.15, 0.2) is 11.6 Å². The van der Waals surface area contributed by atoms with E-state index in [0.29, 0.717) is 18.4 Å². The Bertz CT molecular complexity index is 400. The van der Waals surface area contributed by atoms with E-state index in [4.69, 9.17) is 11.1 Å². The highest BCUT2D eigenvalue weighted by molar-refractivity contribution is 5.96. The normalized spacial score (nSPS) is 10.4. The Labute approximate surface area is 87.6 Å². The molecule has 0 fully saturated rings. The third kappa shape index (κ3) is 1.98. The van der Waals surface area contributed by atoms with Crippen molar-refractivity contribution in [1.29, 1.82) is 5.41 Å². The molecule has 82 valence electrons. The Kier molecular flexibility index (Phi) is 3.39. The molecule has 3 N–H and O–H groups in total. The number of rotatable bonds is 3. The summed E-state index contributed by atoms with van der Waals surface area (Å²) in [6, 6.07) is 1.46. The van der Waals surface area contributed by atoms with E-state index in [1.807, 2.05) is 0 Å². The van der Waals surface area contributed by atoms with Crippen LogP contribution < -0.4 is 5.73 Å². The quantitative estimate of drug-likeness (QED) is 0.586. The summed E-state index contributed by atoms with van der Waals surface area (Å²) in [6.45, 7) is 3.43. The molecule has 0 amide bonds. The van der Waals surface area contributed by atoms with Gasteiger partial charge >= 0.3 is 0 Å². The lowest BCUT2D eigenvalue weighted by molar-refractivity contribution is 0.491. The minimum Gasteiger partial charge on any atom is -0.384 e. The van der Waals surface area contributed by atoms with Gasteiger partial charge in [-0.2, -0.15) is 0 Å². The molecule has 1 aromatic rings. The first-order chi connectivity index (χ1) is 7.02. The van der Waals surface area contributed by atoms with E-state index in [0.717, 1.165) is 0 Å². The lowest BCUT2D eigenvalue weighted by Gasteiger charge is -2.11. The standard InChI is InChI=1S/C11H14F2N2/c1-3-6-5-8(11(14)15)7(4-2)10(13)9(6)12/h5H,3-4H2,1-2H3,(H3,14,15). The maximum absolute atomic E-state index is 13.5. The van der Waals surface area contributed by atoms with E-state index in [-0.39, 0.29) is 17.0 Å². The molecule has 15 heavy (non-hydrogen) atoms. The van der Waals surface area contributed by atoms with Gasteiger partial charge in [0, 0.05) is 11.1 Å². The molecule has 0 radical (unpaired) electrons. The first kappa shape index (κ1) is 11.6. The Balaban J connectivity index is 3.51. The van der Waals surface area contributed by atoms with Gasteiger partial charge in [-0.3, -0.25) is 5.41 Å². The van der Waals surface area contributed by atoms with Crippen molar-refractivity contribution in [3.05, 3.63) is 34.4 Å². The lowest BCUT2D eigenvalue weighted by atomic mass is 9.98. The molecule has 4 heteroatoms. The summed E-state index contributed by atoms with van der Waals surface area (Å²) in [5.74, 6) is -1.91. The Morgan fingerprint density at radius 3 is 2.27 bits per heavy atom. The highest BCUT2D eigenvalue weighted by Gasteiger charge is 2.17. The number of aryl methyl sites for hydroxylation is 1. The fourth-order valence-electron chi connectivity index (χ4n) is 1.56. The van der Waals surface area contributed by atoms with Crippen molar-refractivity contribution in [2.24, 2.45) is 5.73 Å². The van der Waals surface area contributed by atoms with Gasteiger partial charge in [0.25, 0.3) is 0 Å². The largest absolute Gasteiger partial charge is 0.384 e. The van der Waals surface area contributed by atoms with E-state index in [1.165, 1.54) is 6.07 Å². The third-order valence-corrected chi connectivity index (χ3v) is 2.41. The van der Waals surface area contributed by atoms with Crippen molar-refractivity contribution >= 4 is 5.84 Å². The van der Waals surface area contributed by atoms with E-state index in [2.05, 4.69) is 0 Å². The van der Waals surface area contributed by atoms with Gasteiger partial charge in [0.2, 0.25) is 0 Å². The molecule has 0 atom stereocenters. The van der Waals surface area contributed by atoms with Gasteiger partial charge in [-0.1, -0.05) is 13.8 Å². The van der Waals surface area contributed by atoms with Crippen LogP contribution in [0.1, 0.15) is 30.5 Å². The van der Waals surface area contributed by atoms with Crippen LogP contribution in [0, 0.1) is 17.0 Å². The molecule has 0 heterocycles. The van der Waals surface area contributed by atoms with Gasteiger partial charge in [0.1, 0.15) is 5.84 Å². The van der Waals surface area contributed by atoms with Crippen LogP contribution in [0.15, 0.2) is 6.07 Å². The summed E-state index contributed by atoms with van der Waals surface area (Å²) in [6.07, 6.45) is 0.703. The molecule has 0 spiro atoms. The van der Waals surface area contributed by atoms with Gasteiger partial charge in [-0.25, -0.2) is 8.78 Å². The SMILES string of the molecule is CCc1cc(C(=N)N)c(CC)c(F)c1F. The van der Waals surface area contributed by atoms with Crippen LogP contribution in [0.3, 0.4) is 0 Å². The second kappa shape index (κ2) is 4.38. The summed E-state index contributed by atoms with van der Waals surface area (Å²) in [5, 5.41) is 7.31. The maximum atomic E-state index is 13.5. The van der Waals surface area contributed by atoms with Crippen molar-refractivity contribution in [2.45, 2.75) is 26.7 Å². The zero-order valence-corrected chi connectivity index (χ0v) is 8.82. The number of amidine groups is 1. The summed E-state index contributed by atoms with van der Waals surface area (Å²) in [4.78, 5) is 0. The fraction of sp³-hybridized carbons (Fsp3) is 0.364.